The molecule has 0 bridgehead atoms. The second-order valence-corrected chi connectivity index (χ2v) is 6.55. The third-order valence-electron chi connectivity index (χ3n) is 4.00. The van der Waals surface area contributed by atoms with E-state index in [2.05, 4.69) is 56.1 Å². The maximum Gasteiger partial charge on any atom is 0.0838 e. The van der Waals surface area contributed by atoms with Gasteiger partial charge in [0.1, 0.15) is 0 Å². The molecule has 106 valence electrons. The molecule has 1 unspecified atom stereocenters. The van der Waals surface area contributed by atoms with E-state index in [1.54, 1.807) is 0 Å². The zero-order valence-corrected chi connectivity index (χ0v) is 12.7. The number of piperazine rings is 1. The van der Waals surface area contributed by atoms with E-state index in [0.717, 1.165) is 26.2 Å². The van der Waals surface area contributed by atoms with Gasteiger partial charge in [-0.05, 0) is 29.0 Å². The van der Waals surface area contributed by atoms with Gasteiger partial charge in [0.15, 0.2) is 0 Å². The van der Waals surface area contributed by atoms with Crippen LogP contribution in [0.15, 0.2) is 18.2 Å². The molecule has 1 aliphatic heterocycles. The highest BCUT2D eigenvalue weighted by Crippen LogP contribution is 2.27. The third kappa shape index (κ3) is 3.35. The topological polar surface area (TPSA) is 41.3 Å². The molecular formula is C16H27N3. The standard InChI is InChI=1S/C16H27N3/c1-12-11-13(16(2,3)4)5-6-14(12)15(17)19-9-7-18-8-10-19/h5-6,11,15,18H,7-10,17H2,1-4H3. The zero-order valence-electron chi connectivity index (χ0n) is 12.7. The van der Waals surface area contributed by atoms with Crippen LogP contribution < -0.4 is 11.1 Å². The number of nitrogens with zero attached hydrogens (tertiary/aromatic N) is 1. The molecule has 1 aliphatic rings. The largest absolute Gasteiger partial charge is 0.314 e. The lowest BCUT2D eigenvalue weighted by Gasteiger charge is -2.33. The summed E-state index contributed by atoms with van der Waals surface area (Å²) < 4.78 is 0. The van der Waals surface area contributed by atoms with Crippen molar-refractivity contribution in [3.8, 4) is 0 Å². The molecule has 1 fully saturated rings. The van der Waals surface area contributed by atoms with Crippen molar-refractivity contribution in [1.29, 1.82) is 0 Å². The van der Waals surface area contributed by atoms with E-state index in [9.17, 15) is 0 Å². The molecule has 2 rings (SSSR count). The Morgan fingerprint density at radius 1 is 1.21 bits per heavy atom. The number of nitrogens with one attached hydrogen (secondary N) is 1. The van der Waals surface area contributed by atoms with Crippen LogP contribution in [0.2, 0.25) is 0 Å². The van der Waals surface area contributed by atoms with E-state index in [-0.39, 0.29) is 11.6 Å². The lowest BCUT2D eigenvalue weighted by atomic mass is 9.85. The van der Waals surface area contributed by atoms with Gasteiger partial charge in [-0.3, -0.25) is 4.90 Å². The van der Waals surface area contributed by atoms with Crippen LogP contribution in [0.25, 0.3) is 0 Å². The van der Waals surface area contributed by atoms with E-state index in [0.29, 0.717) is 0 Å². The van der Waals surface area contributed by atoms with Crippen LogP contribution >= 0.6 is 0 Å². The highest BCUT2D eigenvalue weighted by molar-refractivity contribution is 5.36. The van der Waals surface area contributed by atoms with Crippen molar-refractivity contribution in [2.24, 2.45) is 5.73 Å². The summed E-state index contributed by atoms with van der Waals surface area (Å²) >= 11 is 0. The number of hydrogen-bond acceptors (Lipinski definition) is 3. The summed E-state index contributed by atoms with van der Waals surface area (Å²) in [6.07, 6.45) is 0.0242. The van der Waals surface area contributed by atoms with Crippen molar-refractivity contribution in [3.63, 3.8) is 0 Å². The van der Waals surface area contributed by atoms with Gasteiger partial charge < -0.3 is 11.1 Å². The fourth-order valence-corrected chi connectivity index (χ4v) is 2.63. The smallest absolute Gasteiger partial charge is 0.0838 e. The van der Waals surface area contributed by atoms with E-state index >= 15 is 0 Å². The summed E-state index contributed by atoms with van der Waals surface area (Å²) in [5.74, 6) is 0. The quantitative estimate of drug-likeness (QED) is 0.857. The second-order valence-electron chi connectivity index (χ2n) is 6.55. The molecule has 0 saturated carbocycles. The van der Waals surface area contributed by atoms with Crippen LogP contribution in [0.4, 0.5) is 0 Å². The number of nitrogens with two attached hydrogens (primary N) is 1. The van der Waals surface area contributed by atoms with Gasteiger partial charge in [0.2, 0.25) is 0 Å². The van der Waals surface area contributed by atoms with Gasteiger partial charge in [-0.15, -0.1) is 0 Å². The Balaban J connectivity index is 2.20. The van der Waals surface area contributed by atoms with Crippen LogP contribution in [-0.2, 0) is 5.41 Å². The first-order valence-corrected chi connectivity index (χ1v) is 7.21. The highest BCUT2D eigenvalue weighted by Gasteiger charge is 2.21. The van der Waals surface area contributed by atoms with Crippen LogP contribution in [0.3, 0.4) is 0 Å². The molecule has 19 heavy (non-hydrogen) atoms. The maximum atomic E-state index is 6.43. The Morgan fingerprint density at radius 3 is 2.37 bits per heavy atom. The van der Waals surface area contributed by atoms with Crippen molar-refractivity contribution >= 4 is 0 Å². The first kappa shape index (κ1) is 14.5. The SMILES string of the molecule is Cc1cc(C(C)(C)C)ccc1C(N)N1CCNCC1. The van der Waals surface area contributed by atoms with E-state index in [1.165, 1.54) is 16.7 Å². The monoisotopic (exact) mass is 261 g/mol. The fraction of sp³-hybridized carbons (Fsp3) is 0.625. The number of rotatable bonds is 2. The normalized spacial score (nSPS) is 19.4. The molecule has 3 N–H and O–H groups in total. The molecule has 3 heteroatoms. The number of hydrogen-bond donors (Lipinski definition) is 2. The van der Waals surface area contributed by atoms with E-state index < -0.39 is 0 Å². The zero-order chi connectivity index (χ0) is 14.0. The number of aryl methyl sites for hydroxylation is 1. The molecule has 1 aromatic carbocycles. The van der Waals surface area contributed by atoms with Gasteiger partial charge in [0.25, 0.3) is 0 Å². The van der Waals surface area contributed by atoms with Gasteiger partial charge in [-0.25, -0.2) is 0 Å². The summed E-state index contributed by atoms with van der Waals surface area (Å²) in [5.41, 5.74) is 10.6. The van der Waals surface area contributed by atoms with Crippen molar-refractivity contribution in [3.05, 3.63) is 34.9 Å². The van der Waals surface area contributed by atoms with E-state index in [4.69, 9.17) is 5.73 Å². The van der Waals surface area contributed by atoms with Gasteiger partial charge in [0, 0.05) is 26.2 Å². The maximum absolute atomic E-state index is 6.43. The third-order valence-corrected chi connectivity index (χ3v) is 4.00. The fourth-order valence-electron chi connectivity index (χ4n) is 2.63. The predicted octanol–water partition coefficient (Wildman–Crippen LogP) is 2.16. The van der Waals surface area contributed by atoms with Gasteiger partial charge >= 0.3 is 0 Å². The summed E-state index contributed by atoms with van der Waals surface area (Å²) in [7, 11) is 0. The van der Waals surface area contributed by atoms with Crippen LogP contribution in [-0.4, -0.2) is 31.1 Å². The number of benzene rings is 1. The average Bonchev–Trinajstić information content (AvgIpc) is 2.38. The van der Waals surface area contributed by atoms with Gasteiger partial charge in [0.05, 0.1) is 6.17 Å². The second kappa shape index (κ2) is 5.61. The molecule has 0 amide bonds. The summed E-state index contributed by atoms with van der Waals surface area (Å²) in [5, 5.41) is 3.37. The molecule has 0 aromatic heterocycles. The Morgan fingerprint density at radius 2 is 1.84 bits per heavy atom. The Bertz CT molecular complexity index is 428. The van der Waals surface area contributed by atoms with E-state index in [1.807, 2.05) is 0 Å². The lowest BCUT2D eigenvalue weighted by molar-refractivity contribution is 0.177. The minimum Gasteiger partial charge on any atom is -0.314 e. The van der Waals surface area contributed by atoms with Crippen LogP contribution in [0.5, 0.6) is 0 Å². The minimum absolute atomic E-state index is 0.0242. The molecule has 1 heterocycles. The molecule has 1 aromatic rings. The summed E-state index contributed by atoms with van der Waals surface area (Å²) in [4.78, 5) is 2.36. The van der Waals surface area contributed by atoms with Crippen LogP contribution in [0.1, 0.15) is 43.6 Å². The van der Waals surface area contributed by atoms with Crippen molar-refractivity contribution in [2.45, 2.75) is 39.3 Å². The Hall–Kier alpha value is -0.900. The van der Waals surface area contributed by atoms with Crippen molar-refractivity contribution in [1.82, 2.24) is 10.2 Å². The van der Waals surface area contributed by atoms with Gasteiger partial charge in [-0.1, -0.05) is 39.0 Å². The Labute approximate surface area is 117 Å². The van der Waals surface area contributed by atoms with Crippen molar-refractivity contribution < 1.29 is 0 Å². The highest BCUT2D eigenvalue weighted by atomic mass is 15.3. The van der Waals surface area contributed by atoms with Crippen LogP contribution in [0, 0.1) is 6.92 Å². The molecule has 0 aliphatic carbocycles. The molecular weight excluding hydrogens is 234 g/mol. The molecule has 1 atom stereocenters. The summed E-state index contributed by atoms with van der Waals surface area (Å²) in [6, 6.07) is 6.73. The predicted molar refractivity (Wildman–Crippen MR) is 81.3 cm³/mol. The lowest BCUT2D eigenvalue weighted by Crippen LogP contribution is -2.47. The van der Waals surface area contributed by atoms with Gasteiger partial charge in [-0.2, -0.15) is 0 Å². The first-order valence-electron chi connectivity index (χ1n) is 7.21. The summed E-state index contributed by atoms with van der Waals surface area (Å²) in [6.45, 7) is 13.0. The molecule has 1 saturated heterocycles. The average molecular weight is 261 g/mol. The van der Waals surface area contributed by atoms with Crippen molar-refractivity contribution in [2.75, 3.05) is 26.2 Å². The molecule has 3 nitrogen and oxygen atoms in total. The molecule has 0 spiro atoms. The molecule has 0 radical (unpaired) electrons. The first-order chi connectivity index (χ1) is 8.89. The minimum atomic E-state index is 0.0242. The Kier molecular flexibility index (Phi) is 4.29.